The van der Waals surface area contributed by atoms with E-state index in [1.807, 2.05) is 30.3 Å². The lowest BCUT2D eigenvalue weighted by molar-refractivity contribution is -0.899. The molecule has 5 nitrogen and oxygen atoms in total. The summed E-state index contributed by atoms with van der Waals surface area (Å²) in [5, 5.41) is 11.7. The number of nitrogens with zero attached hydrogens (tertiary/aromatic N) is 1. The number of carbonyl (C=O) groups excluding carboxylic acids is 1. The second-order valence-electron chi connectivity index (χ2n) is 11.5. The van der Waals surface area contributed by atoms with E-state index in [1.165, 1.54) is 30.4 Å². The number of rotatable bonds is 9. The zero-order valence-electron chi connectivity index (χ0n) is 21.8. The van der Waals surface area contributed by atoms with Gasteiger partial charge in [-0.3, -0.25) is 0 Å². The smallest absolute Gasteiger partial charge is 0.343 e. The molecule has 5 rings (SSSR count). The van der Waals surface area contributed by atoms with Crippen molar-refractivity contribution in [2.75, 3.05) is 33.3 Å². The molecule has 0 bridgehead atoms. The van der Waals surface area contributed by atoms with Gasteiger partial charge < -0.3 is 19.1 Å². The summed E-state index contributed by atoms with van der Waals surface area (Å²) in [7, 11) is 2.25. The summed E-state index contributed by atoms with van der Waals surface area (Å²) < 4.78 is 13.1. The van der Waals surface area contributed by atoms with Crippen LogP contribution in [0.5, 0.6) is 5.75 Å². The fourth-order valence-corrected chi connectivity index (χ4v) is 6.74. The van der Waals surface area contributed by atoms with Crippen molar-refractivity contribution in [3.8, 4) is 5.75 Å². The second kappa shape index (κ2) is 10.9. The molecule has 0 spiro atoms. The third-order valence-corrected chi connectivity index (χ3v) is 8.83. The number of hydrogen-bond acceptors (Lipinski definition) is 4. The molecule has 0 radical (unpaired) electrons. The first kappa shape index (κ1) is 25.3. The Morgan fingerprint density at radius 2 is 1.78 bits per heavy atom. The van der Waals surface area contributed by atoms with Crippen LogP contribution in [0.25, 0.3) is 0 Å². The monoisotopic (exact) mass is 492 g/mol. The molecule has 3 aliphatic rings. The number of esters is 1. The van der Waals surface area contributed by atoms with Crippen LogP contribution in [0.2, 0.25) is 0 Å². The van der Waals surface area contributed by atoms with E-state index >= 15 is 0 Å². The number of aliphatic hydroxyl groups is 1. The van der Waals surface area contributed by atoms with Crippen molar-refractivity contribution in [1.29, 1.82) is 0 Å². The van der Waals surface area contributed by atoms with Crippen molar-refractivity contribution in [2.24, 2.45) is 5.92 Å². The molecular weight excluding hydrogens is 450 g/mol. The Kier molecular flexibility index (Phi) is 7.68. The summed E-state index contributed by atoms with van der Waals surface area (Å²) in [6, 6.07) is 15.9. The average Bonchev–Trinajstić information content (AvgIpc) is 3.58. The van der Waals surface area contributed by atoms with E-state index in [0.717, 1.165) is 74.8 Å². The highest BCUT2D eigenvalue weighted by Crippen LogP contribution is 2.42. The van der Waals surface area contributed by atoms with Gasteiger partial charge in [-0.1, -0.05) is 55.3 Å². The molecule has 2 aromatic rings. The van der Waals surface area contributed by atoms with E-state index in [-0.39, 0.29) is 12.0 Å². The number of aryl methyl sites for hydroxylation is 1. The third kappa shape index (κ3) is 5.33. The summed E-state index contributed by atoms with van der Waals surface area (Å²) in [6.45, 7) is 3.48. The molecule has 5 heteroatoms. The summed E-state index contributed by atoms with van der Waals surface area (Å²) in [4.78, 5) is 13.5. The number of quaternary nitrogens is 1. The van der Waals surface area contributed by atoms with Crippen LogP contribution in [0.4, 0.5) is 0 Å². The first-order chi connectivity index (χ1) is 17.5. The fraction of sp³-hybridized carbons (Fsp3) is 0.581. The summed E-state index contributed by atoms with van der Waals surface area (Å²) in [5.41, 5.74) is 1.98. The van der Waals surface area contributed by atoms with Gasteiger partial charge in [0.25, 0.3) is 0 Å². The minimum Gasteiger partial charge on any atom is -0.493 e. The molecule has 2 aliphatic carbocycles. The second-order valence-corrected chi connectivity index (χ2v) is 11.5. The third-order valence-electron chi connectivity index (χ3n) is 8.83. The van der Waals surface area contributed by atoms with Crippen LogP contribution in [-0.2, 0) is 28.0 Å². The summed E-state index contributed by atoms with van der Waals surface area (Å²) in [6.07, 6.45) is 10.3. The van der Waals surface area contributed by atoms with Crippen LogP contribution in [0.1, 0.15) is 68.1 Å². The quantitative estimate of drug-likeness (QED) is 0.298. The van der Waals surface area contributed by atoms with Crippen molar-refractivity contribution >= 4 is 5.97 Å². The van der Waals surface area contributed by atoms with Gasteiger partial charge >= 0.3 is 5.97 Å². The van der Waals surface area contributed by atoms with Gasteiger partial charge in [-0.2, -0.15) is 0 Å². The van der Waals surface area contributed by atoms with E-state index < -0.39 is 11.6 Å². The molecule has 194 valence electrons. The van der Waals surface area contributed by atoms with E-state index in [9.17, 15) is 9.90 Å². The van der Waals surface area contributed by atoms with Crippen molar-refractivity contribution in [1.82, 2.24) is 0 Å². The lowest BCUT2D eigenvalue weighted by Crippen LogP contribution is -2.47. The van der Waals surface area contributed by atoms with Crippen LogP contribution < -0.4 is 4.74 Å². The lowest BCUT2D eigenvalue weighted by atomic mass is 9.80. The van der Waals surface area contributed by atoms with E-state index in [1.54, 1.807) is 0 Å². The highest BCUT2D eigenvalue weighted by Gasteiger charge is 2.49. The molecule has 3 atom stereocenters. The molecular formula is C31H42NO4+. The standard InChI is InChI=1S/C31H42NO4/c1-32(20-10-22-35-29-18-9-12-24-11-5-8-17-28(24)29)21-19-27(23-32)36-30(33)31(34,26-15-6-7-16-26)25-13-3-2-4-14-25/h2-4,9,12-14,18,26-27,34H,5-8,10-11,15-17,19-23H2,1H3/q+1/t27?,31-,32+/m0/s1. The van der Waals surface area contributed by atoms with Crippen LogP contribution in [-0.4, -0.2) is 55.0 Å². The van der Waals surface area contributed by atoms with Gasteiger partial charge in [-0.25, -0.2) is 4.79 Å². The van der Waals surface area contributed by atoms with Crippen molar-refractivity contribution in [3.05, 3.63) is 65.2 Å². The van der Waals surface area contributed by atoms with Gasteiger partial charge in [0, 0.05) is 18.8 Å². The lowest BCUT2D eigenvalue weighted by Gasteiger charge is -2.33. The average molecular weight is 493 g/mol. The highest BCUT2D eigenvalue weighted by atomic mass is 16.6. The molecule has 1 aliphatic heterocycles. The maximum atomic E-state index is 13.5. The maximum Gasteiger partial charge on any atom is 0.343 e. The number of likely N-dealkylation sites (N-methyl/N-ethyl adjacent to an activating group) is 1. The molecule has 1 unspecified atom stereocenters. The van der Waals surface area contributed by atoms with Crippen molar-refractivity contribution < 1.29 is 23.9 Å². The molecule has 0 aromatic heterocycles. The molecule has 1 saturated heterocycles. The number of fused-ring (bicyclic) bond motifs is 1. The Morgan fingerprint density at radius 3 is 2.58 bits per heavy atom. The zero-order chi connectivity index (χ0) is 25.0. The van der Waals surface area contributed by atoms with Crippen LogP contribution in [0, 0.1) is 5.92 Å². The van der Waals surface area contributed by atoms with Gasteiger partial charge in [0.1, 0.15) is 12.3 Å². The Balaban J connectivity index is 1.15. The van der Waals surface area contributed by atoms with Gasteiger partial charge in [0.2, 0.25) is 0 Å². The molecule has 2 fully saturated rings. The largest absolute Gasteiger partial charge is 0.493 e. The van der Waals surface area contributed by atoms with E-state index in [4.69, 9.17) is 9.47 Å². The number of carbonyl (C=O) groups is 1. The van der Waals surface area contributed by atoms with Crippen LogP contribution >= 0.6 is 0 Å². The first-order valence-electron chi connectivity index (χ1n) is 14.0. The number of hydrogen-bond donors (Lipinski definition) is 1. The Morgan fingerprint density at radius 1 is 1.00 bits per heavy atom. The highest BCUT2D eigenvalue weighted by molar-refractivity contribution is 5.81. The molecule has 1 N–H and O–H groups in total. The number of benzene rings is 2. The molecule has 1 heterocycles. The van der Waals surface area contributed by atoms with Crippen molar-refractivity contribution in [3.63, 3.8) is 0 Å². The van der Waals surface area contributed by atoms with Gasteiger partial charge in [0.15, 0.2) is 11.7 Å². The maximum absolute atomic E-state index is 13.5. The topological polar surface area (TPSA) is 55.8 Å². The number of ether oxygens (including phenoxy) is 2. The van der Waals surface area contributed by atoms with Crippen molar-refractivity contribution in [2.45, 2.75) is 75.9 Å². The Hall–Kier alpha value is -2.37. The predicted octanol–water partition coefficient (Wildman–Crippen LogP) is 5.17. The Bertz CT molecular complexity index is 1030. The molecule has 36 heavy (non-hydrogen) atoms. The van der Waals surface area contributed by atoms with E-state index in [2.05, 4.69) is 25.2 Å². The minimum absolute atomic E-state index is 0.0736. The van der Waals surface area contributed by atoms with E-state index in [0.29, 0.717) is 12.2 Å². The fourth-order valence-electron chi connectivity index (χ4n) is 6.74. The number of likely N-dealkylation sites (tertiary alicyclic amines) is 1. The SMILES string of the molecule is C[N@@+]1(CCCOc2cccc3c2CCCC3)CCC(OC(=O)[C@](O)(c2ccccc2)C2CCCC2)C1. The minimum atomic E-state index is -1.55. The predicted molar refractivity (Wildman–Crippen MR) is 141 cm³/mol. The van der Waals surface area contributed by atoms with Gasteiger partial charge in [0.05, 0.1) is 26.7 Å². The molecule has 1 saturated carbocycles. The normalized spacial score (nSPS) is 25.8. The first-order valence-corrected chi connectivity index (χ1v) is 14.0. The zero-order valence-corrected chi connectivity index (χ0v) is 21.8. The van der Waals surface area contributed by atoms with Gasteiger partial charge in [-0.15, -0.1) is 0 Å². The summed E-state index contributed by atoms with van der Waals surface area (Å²) >= 11 is 0. The Labute approximate surface area is 216 Å². The van der Waals surface area contributed by atoms with Crippen LogP contribution in [0.3, 0.4) is 0 Å². The molecule has 2 aromatic carbocycles. The summed E-state index contributed by atoms with van der Waals surface area (Å²) in [5.74, 6) is 0.530. The molecule has 0 amide bonds. The van der Waals surface area contributed by atoms with Crippen LogP contribution in [0.15, 0.2) is 48.5 Å². The van der Waals surface area contributed by atoms with Gasteiger partial charge in [-0.05, 0) is 61.3 Å².